The highest BCUT2D eigenvalue weighted by molar-refractivity contribution is 7.80. The van der Waals surface area contributed by atoms with E-state index in [1.165, 1.54) is 11.9 Å². The third-order valence-electron chi connectivity index (χ3n) is 2.50. The van der Waals surface area contributed by atoms with Crippen LogP contribution in [-0.2, 0) is 4.79 Å². The van der Waals surface area contributed by atoms with Gasteiger partial charge in [-0.2, -0.15) is 12.6 Å². The van der Waals surface area contributed by atoms with Crippen LogP contribution < -0.4 is 0 Å². The maximum Gasteiger partial charge on any atom is 0.326 e. The van der Waals surface area contributed by atoms with Gasteiger partial charge in [0.2, 0.25) is 0 Å². The second kappa shape index (κ2) is 6.30. The summed E-state index contributed by atoms with van der Waals surface area (Å²) >= 11 is 4.00. The number of rotatable bonds is 5. The average molecular weight is 253 g/mol. The van der Waals surface area contributed by atoms with Gasteiger partial charge in [0.05, 0.1) is 0 Å². The Morgan fingerprint density at radius 1 is 1.35 bits per heavy atom. The molecule has 0 heterocycles. The van der Waals surface area contributed by atoms with Gasteiger partial charge in [-0.1, -0.05) is 18.2 Å². The van der Waals surface area contributed by atoms with Crippen molar-refractivity contribution in [1.29, 1.82) is 0 Å². The summed E-state index contributed by atoms with van der Waals surface area (Å²) in [6.45, 7) is 0. The average Bonchev–Trinajstić information content (AvgIpc) is 2.35. The Balaban J connectivity index is 2.84. The molecule has 1 rings (SSSR count). The molecule has 1 unspecified atom stereocenters. The Morgan fingerprint density at radius 2 is 1.94 bits per heavy atom. The van der Waals surface area contributed by atoms with E-state index in [0.29, 0.717) is 17.7 Å². The van der Waals surface area contributed by atoms with Crippen LogP contribution in [0.4, 0.5) is 0 Å². The van der Waals surface area contributed by atoms with E-state index >= 15 is 0 Å². The predicted octanol–water partition coefficient (Wildman–Crippen LogP) is 1.53. The summed E-state index contributed by atoms with van der Waals surface area (Å²) in [5.41, 5.74) is 0.486. The number of hydrogen-bond acceptors (Lipinski definition) is 3. The second-order valence-electron chi connectivity index (χ2n) is 3.65. The minimum absolute atomic E-state index is 0.292. The maximum atomic E-state index is 12.0. The number of aliphatic carboxylic acids is 1. The molecule has 0 fully saturated rings. The lowest BCUT2D eigenvalue weighted by Crippen LogP contribution is -2.42. The van der Waals surface area contributed by atoms with Crippen molar-refractivity contribution in [1.82, 2.24) is 4.90 Å². The van der Waals surface area contributed by atoms with Crippen molar-refractivity contribution in [3.8, 4) is 0 Å². The van der Waals surface area contributed by atoms with Crippen LogP contribution in [0.5, 0.6) is 0 Å². The minimum Gasteiger partial charge on any atom is -0.480 e. The molecule has 1 N–H and O–H groups in total. The molecule has 4 nitrogen and oxygen atoms in total. The van der Waals surface area contributed by atoms with Crippen molar-refractivity contribution in [2.75, 3.05) is 12.8 Å². The zero-order valence-corrected chi connectivity index (χ0v) is 10.4. The summed E-state index contributed by atoms with van der Waals surface area (Å²) < 4.78 is 0. The van der Waals surface area contributed by atoms with Gasteiger partial charge in [-0.15, -0.1) is 0 Å². The van der Waals surface area contributed by atoms with Gasteiger partial charge in [-0.05, 0) is 24.3 Å². The monoisotopic (exact) mass is 253 g/mol. The molecular weight excluding hydrogens is 238 g/mol. The Labute approximate surface area is 106 Å². The lowest BCUT2D eigenvalue weighted by atomic mass is 10.1. The van der Waals surface area contributed by atoms with E-state index in [4.69, 9.17) is 5.11 Å². The second-order valence-corrected chi connectivity index (χ2v) is 4.10. The molecule has 0 aliphatic heterocycles. The van der Waals surface area contributed by atoms with E-state index in [1.807, 2.05) is 0 Å². The van der Waals surface area contributed by atoms with Crippen LogP contribution >= 0.6 is 12.6 Å². The molecule has 92 valence electrons. The summed E-state index contributed by atoms with van der Waals surface area (Å²) in [5.74, 6) is -0.880. The van der Waals surface area contributed by atoms with Crippen LogP contribution in [0.25, 0.3) is 0 Å². The van der Waals surface area contributed by atoms with Crippen LogP contribution in [0.1, 0.15) is 16.8 Å². The summed E-state index contributed by atoms with van der Waals surface area (Å²) in [5, 5.41) is 9.04. The molecular formula is C12H15NO3S. The van der Waals surface area contributed by atoms with E-state index in [2.05, 4.69) is 12.6 Å². The minimum atomic E-state index is -1.01. The van der Waals surface area contributed by atoms with Crippen molar-refractivity contribution >= 4 is 24.5 Å². The van der Waals surface area contributed by atoms with Crippen LogP contribution in [-0.4, -0.2) is 40.7 Å². The highest BCUT2D eigenvalue weighted by atomic mass is 32.1. The summed E-state index contributed by atoms with van der Waals surface area (Å²) in [6, 6.07) is 7.79. The molecule has 0 aliphatic rings. The number of hydrogen-bond donors (Lipinski definition) is 2. The van der Waals surface area contributed by atoms with Crippen LogP contribution in [0.2, 0.25) is 0 Å². The normalized spacial score (nSPS) is 11.9. The Hall–Kier alpha value is -1.49. The highest BCUT2D eigenvalue weighted by Crippen LogP contribution is 2.10. The predicted molar refractivity (Wildman–Crippen MR) is 68.4 cm³/mol. The smallest absolute Gasteiger partial charge is 0.326 e. The number of benzene rings is 1. The van der Waals surface area contributed by atoms with Gasteiger partial charge in [0.15, 0.2) is 0 Å². The van der Waals surface area contributed by atoms with Gasteiger partial charge in [0, 0.05) is 12.6 Å². The van der Waals surface area contributed by atoms with Gasteiger partial charge < -0.3 is 10.0 Å². The van der Waals surface area contributed by atoms with Crippen molar-refractivity contribution in [3.05, 3.63) is 35.9 Å². The standard InChI is InChI=1S/C12H15NO3S/c1-13(10(7-8-17)12(15)16)11(14)9-5-3-2-4-6-9/h2-6,10,17H,7-8H2,1H3,(H,15,16). The zero-order valence-electron chi connectivity index (χ0n) is 9.54. The lowest BCUT2D eigenvalue weighted by molar-refractivity contribution is -0.142. The van der Waals surface area contributed by atoms with Crippen molar-refractivity contribution in [3.63, 3.8) is 0 Å². The SMILES string of the molecule is CN(C(=O)c1ccccc1)C(CCS)C(=O)O. The topological polar surface area (TPSA) is 57.6 Å². The summed E-state index contributed by atoms with van der Waals surface area (Å²) in [4.78, 5) is 24.3. The fourth-order valence-corrected chi connectivity index (χ4v) is 1.78. The Morgan fingerprint density at radius 3 is 2.41 bits per heavy atom. The number of likely N-dealkylation sites (N-methyl/N-ethyl adjacent to an activating group) is 1. The summed E-state index contributed by atoms with van der Waals surface area (Å²) in [7, 11) is 1.50. The number of thiol groups is 1. The van der Waals surface area contributed by atoms with Gasteiger partial charge in [-0.3, -0.25) is 4.79 Å². The van der Waals surface area contributed by atoms with Crippen molar-refractivity contribution in [2.45, 2.75) is 12.5 Å². The molecule has 17 heavy (non-hydrogen) atoms. The van der Waals surface area contributed by atoms with Gasteiger partial charge >= 0.3 is 5.97 Å². The quantitative estimate of drug-likeness (QED) is 0.782. The third-order valence-corrected chi connectivity index (χ3v) is 2.75. The van der Waals surface area contributed by atoms with E-state index in [-0.39, 0.29) is 5.91 Å². The van der Waals surface area contributed by atoms with Gasteiger partial charge in [0.25, 0.3) is 5.91 Å². The van der Waals surface area contributed by atoms with Crippen LogP contribution in [0.3, 0.4) is 0 Å². The maximum absolute atomic E-state index is 12.0. The fourth-order valence-electron chi connectivity index (χ4n) is 1.53. The van der Waals surface area contributed by atoms with Crippen LogP contribution in [0.15, 0.2) is 30.3 Å². The Bertz CT molecular complexity index is 394. The first-order valence-corrected chi connectivity index (χ1v) is 5.87. The number of carbonyl (C=O) groups excluding carboxylic acids is 1. The molecule has 0 spiro atoms. The Kier molecular flexibility index (Phi) is 5.03. The molecule has 0 aromatic heterocycles. The van der Waals surface area contributed by atoms with E-state index < -0.39 is 12.0 Å². The first-order chi connectivity index (χ1) is 8.07. The third kappa shape index (κ3) is 3.49. The number of amides is 1. The number of carboxylic acid groups (broad SMARTS) is 1. The van der Waals surface area contributed by atoms with E-state index in [0.717, 1.165) is 0 Å². The van der Waals surface area contributed by atoms with Gasteiger partial charge in [-0.25, -0.2) is 4.79 Å². The van der Waals surface area contributed by atoms with E-state index in [9.17, 15) is 9.59 Å². The number of carboxylic acids is 1. The first kappa shape index (κ1) is 13.6. The highest BCUT2D eigenvalue weighted by Gasteiger charge is 2.26. The largest absolute Gasteiger partial charge is 0.480 e. The molecule has 1 atom stereocenters. The van der Waals surface area contributed by atoms with Crippen molar-refractivity contribution in [2.24, 2.45) is 0 Å². The molecule has 1 aromatic carbocycles. The van der Waals surface area contributed by atoms with Crippen molar-refractivity contribution < 1.29 is 14.7 Å². The lowest BCUT2D eigenvalue weighted by Gasteiger charge is -2.24. The molecule has 0 radical (unpaired) electrons. The molecule has 1 aromatic rings. The first-order valence-electron chi connectivity index (χ1n) is 5.23. The van der Waals surface area contributed by atoms with E-state index in [1.54, 1.807) is 30.3 Å². The number of carbonyl (C=O) groups is 2. The summed E-state index contributed by atoms with van der Waals surface area (Å²) in [6.07, 6.45) is 0.327. The molecule has 5 heteroatoms. The fraction of sp³-hybridized carbons (Fsp3) is 0.333. The van der Waals surface area contributed by atoms with Gasteiger partial charge in [0.1, 0.15) is 6.04 Å². The van der Waals surface area contributed by atoms with Crippen LogP contribution in [0, 0.1) is 0 Å². The molecule has 0 aliphatic carbocycles. The molecule has 0 saturated carbocycles. The zero-order chi connectivity index (χ0) is 12.8. The molecule has 1 amide bonds. The molecule has 0 bridgehead atoms. The number of nitrogens with zero attached hydrogens (tertiary/aromatic N) is 1. The molecule has 0 saturated heterocycles.